The SMILES string of the molecule is C[C@H]1[C@H]2C[C@H](C[C@@H]2O)N1C(=O)OC(C)(C)C. The molecule has 2 rings (SSSR count). The number of hydrogen-bond donors (Lipinski definition) is 1. The number of likely N-dealkylation sites (tertiary alicyclic amines) is 1. The van der Waals surface area contributed by atoms with Crippen LogP contribution in [0.5, 0.6) is 0 Å². The van der Waals surface area contributed by atoms with Crippen LogP contribution >= 0.6 is 0 Å². The van der Waals surface area contributed by atoms with E-state index < -0.39 is 5.60 Å². The third kappa shape index (κ3) is 1.90. The van der Waals surface area contributed by atoms with Crippen molar-refractivity contribution in [2.24, 2.45) is 5.92 Å². The minimum atomic E-state index is -0.447. The molecule has 1 heterocycles. The van der Waals surface area contributed by atoms with Crippen molar-refractivity contribution in [2.45, 2.75) is 64.3 Å². The van der Waals surface area contributed by atoms with Crippen LogP contribution in [0.2, 0.25) is 0 Å². The number of aliphatic hydroxyl groups excluding tert-OH is 1. The zero-order valence-corrected chi connectivity index (χ0v) is 10.4. The van der Waals surface area contributed by atoms with Gasteiger partial charge in [-0.1, -0.05) is 0 Å². The zero-order valence-electron chi connectivity index (χ0n) is 10.4. The van der Waals surface area contributed by atoms with Crippen molar-refractivity contribution in [3.05, 3.63) is 0 Å². The molecule has 16 heavy (non-hydrogen) atoms. The lowest BCUT2D eigenvalue weighted by Gasteiger charge is -2.36. The average Bonchev–Trinajstić information content (AvgIpc) is 2.56. The fraction of sp³-hybridized carbons (Fsp3) is 0.917. The first-order valence-electron chi connectivity index (χ1n) is 5.99. The Labute approximate surface area is 96.6 Å². The minimum absolute atomic E-state index is 0.101. The molecule has 1 saturated carbocycles. The largest absolute Gasteiger partial charge is 0.444 e. The molecular weight excluding hydrogens is 206 g/mol. The maximum absolute atomic E-state index is 12.0. The first-order chi connectivity index (χ1) is 7.29. The normalized spacial score (nSPS) is 37.9. The van der Waals surface area contributed by atoms with Crippen molar-refractivity contribution >= 4 is 6.09 Å². The number of hydrogen-bond acceptors (Lipinski definition) is 3. The van der Waals surface area contributed by atoms with Crippen molar-refractivity contribution in [1.29, 1.82) is 0 Å². The highest BCUT2D eigenvalue weighted by Crippen LogP contribution is 2.42. The van der Waals surface area contributed by atoms with E-state index in [1.54, 1.807) is 0 Å². The predicted molar refractivity (Wildman–Crippen MR) is 60.1 cm³/mol. The van der Waals surface area contributed by atoms with E-state index in [1.165, 1.54) is 0 Å². The fourth-order valence-electron chi connectivity index (χ4n) is 2.94. The number of carbonyl (C=O) groups excluding carboxylic acids is 1. The summed E-state index contributed by atoms with van der Waals surface area (Å²) in [4.78, 5) is 13.8. The second-order valence-electron chi connectivity index (χ2n) is 5.98. The lowest BCUT2D eigenvalue weighted by molar-refractivity contribution is -0.00750. The molecule has 0 aromatic heterocycles. The van der Waals surface area contributed by atoms with Crippen LogP contribution in [-0.2, 0) is 4.74 Å². The van der Waals surface area contributed by atoms with Gasteiger partial charge in [0.15, 0.2) is 0 Å². The summed E-state index contributed by atoms with van der Waals surface area (Å²) in [7, 11) is 0. The molecule has 4 heteroatoms. The van der Waals surface area contributed by atoms with E-state index in [2.05, 4.69) is 0 Å². The highest BCUT2D eigenvalue weighted by atomic mass is 16.6. The van der Waals surface area contributed by atoms with Crippen LogP contribution in [0.3, 0.4) is 0 Å². The maximum atomic E-state index is 12.0. The van der Waals surface area contributed by atoms with Crippen molar-refractivity contribution in [3.8, 4) is 0 Å². The molecule has 0 unspecified atom stereocenters. The number of rotatable bonds is 0. The third-order valence-electron chi connectivity index (χ3n) is 3.61. The number of amides is 1. The lowest BCUT2D eigenvalue weighted by atomic mass is 9.98. The Morgan fingerprint density at radius 2 is 2.00 bits per heavy atom. The van der Waals surface area contributed by atoms with Gasteiger partial charge in [0, 0.05) is 18.0 Å². The van der Waals surface area contributed by atoms with Gasteiger partial charge in [0.25, 0.3) is 0 Å². The Hall–Kier alpha value is -0.770. The van der Waals surface area contributed by atoms with Gasteiger partial charge in [-0.05, 0) is 40.5 Å². The van der Waals surface area contributed by atoms with E-state index in [0.717, 1.165) is 6.42 Å². The first kappa shape index (κ1) is 11.7. The molecule has 1 saturated heterocycles. The Balaban J connectivity index is 2.04. The van der Waals surface area contributed by atoms with E-state index in [1.807, 2.05) is 32.6 Å². The average molecular weight is 227 g/mol. The molecule has 1 aliphatic heterocycles. The van der Waals surface area contributed by atoms with E-state index in [-0.39, 0.29) is 30.2 Å². The van der Waals surface area contributed by atoms with Crippen molar-refractivity contribution in [3.63, 3.8) is 0 Å². The van der Waals surface area contributed by atoms with E-state index in [4.69, 9.17) is 4.74 Å². The van der Waals surface area contributed by atoms with Gasteiger partial charge >= 0.3 is 6.09 Å². The summed E-state index contributed by atoms with van der Waals surface area (Å²) in [6.07, 6.45) is 1.15. The van der Waals surface area contributed by atoms with Crippen molar-refractivity contribution in [2.75, 3.05) is 0 Å². The number of fused-ring (bicyclic) bond motifs is 2. The molecule has 4 atom stereocenters. The standard InChI is InChI=1S/C12H21NO3/c1-7-9-5-8(6-10(9)14)13(7)11(15)16-12(2,3)4/h7-10,14H,5-6H2,1-4H3/t7-,8+,9+,10-/m0/s1. The quantitative estimate of drug-likeness (QED) is 0.686. The van der Waals surface area contributed by atoms with Crippen LogP contribution in [0.25, 0.3) is 0 Å². The summed E-state index contributed by atoms with van der Waals surface area (Å²) in [6.45, 7) is 7.62. The van der Waals surface area contributed by atoms with Crippen LogP contribution < -0.4 is 0 Å². The highest BCUT2D eigenvalue weighted by Gasteiger charge is 2.51. The Kier molecular flexibility index (Phi) is 2.65. The Morgan fingerprint density at radius 1 is 1.38 bits per heavy atom. The second kappa shape index (κ2) is 3.62. The molecular formula is C12H21NO3. The molecule has 1 amide bonds. The second-order valence-corrected chi connectivity index (χ2v) is 5.98. The number of nitrogens with zero attached hydrogens (tertiary/aromatic N) is 1. The molecule has 92 valence electrons. The molecule has 0 aromatic carbocycles. The van der Waals surface area contributed by atoms with E-state index in [9.17, 15) is 9.90 Å². The van der Waals surface area contributed by atoms with Gasteiger partial charge in [0.2, 0.25) is 0 Å². The maximum Gasteiger partial charge on any atom is 0.410 e. The third-order valence-corrected chi connectivity index (χ3v) is 3.61. The summed E-state index contributed by atoms with van der Waals surface area (Å²) in [5, 5.41) is 9.74. The highest BCUT2D eigenvalue weighted by molar-refractivity contribution is 5.69. The van der Waals surface area contributed by atoms with Crippen LogP contribution in [0.15, 0.2) is 0 Å². The lowest BCUT2D eigenvalue weighted by Crippen LogP contribution is -2.49. The first-order valence-corrected chi connectivity index (χ1v) is 5.99. The van der Waals surface area contributed by atoms with Crippen molar-refractivity contribution < 1.29 is 14.6 Å². The molecule has 2 fully saturated rings. The molecule has 0 aromatic rings. The Bertz CT molecular complexity index is 295. The minimum Gasteiger partial charge on any atom is -0.444 e. The molecule has 2 aliphatic rings. The van der Waals surface area contributed by atoms with Gasteiger partial charge in [0.1, 0.15) is 5.60 Å². The molecule has 4 nitrogen and oxygen atoms in total. The summed E-state index contributed by atoms with van der Waals surface area (Å²) < 4.78 is 5.39. The fourth-order valence-corrected chi connectivity index (χ4v) is 2.94. The molecule has 0 spiro atoms. The van der Waals surface area contributed by atoms with E-state index in [0.29, 0.717) is 6.42 Å². The van der Waals surface area contributed by atoms with Gasteiger partial charge < -0.3 is 14.7 Å². The molecule has 1 aliphatic carbocycles. The van der Waals surface area contributed by atoms with E-state index >= 15 is 0 Å². The number of carbonyl (C=O) groups is 1. The van der Waals surface area contributed by atoms with Crippen molar-refractivity contribution in [1.82, 2.24) is 4.90 Å². The Morgan fingerprint density at radius 3 is 2.44 bits per heavy atom. The molecule has 2 bridgehead atoms. The van der Waals surface area contributed by atoms with Crippen LogP contribution in [0.4, 0.5) is 4.79 Å². The zero-order chi connectivity index (χ0) is 12.1. The predicted octanol–water partition coefficient (Wildman–Crippen LogP) is 1.77. The topological polar surface area (TPSA) is 49.8 Å². The molecule has 1 N–H and O–H groups in total. The number of aliphatic hydroxyl groups is 1. The van der Waals surface area contributed by atoms with Gasteiger partial charge in [-0.3, -0.25) is 0 Å². The number of piperidine rings is 1. The summed E-state index contributed by atoms with van der Waals surface area (Å²) in [5.41, 5.74) is -0.447. The van der Waals surface area contributed by atoms with Crippen LogP contribution in [0, 0.1) is 5.92 Å². The summed E-state index contributed by atoms with van der Waals surface area (Å²) in [5.74, 6) is 0.234. The van der Waals surface area contributed by atoms with Gasteiger partial charge in [-0.2, -0.15) is 0 Å². The van der Waals surface area contributed by atoms with Gasteiger partial charge in [-0.15, -0.1) is 0 Å². The van der Waals surface area contributed by atoms with Crippen LogP contribution in [-0.4, -0.2) is 39.9 Å². The van der Waals surface area contributed by atoms with Gasteiger partial charge in [-0.25, -0.2) is 4.79 Å². The van der Waals surface area contributed by atoms with Crippen LogP contribution in [0.1, 0.15) is 40.5 Å². The number of ether oxygens (including phenoxy) is 1. The molecule has 0 radical (unpaired) electrons. The van der Waals surface area contributed by atoms with Gasteiger partial charge in [0.05, 0.1) is 6.10 Å². The monoisotopic (exact) mass is 227 g/mol. The summed E-state index contributed by atoms with van der Waals surface area (Å²) >= 11 is 0. The summed E-state index contributed by atoms with van der Waals surface area (Å²) in [6, 6.07) is 0.272. The smallest absolute Gasteiger partial charge is 0.410 e.